The molecule has 1 aromatic rings. The maximum Gasteiger partial charge on any atom is 0.237 e. The average Bonchev–Trinajstić information content (AvgIpc) is 3.17. The lowest BCUT2D eigenvalue weighted by Gasteiger charge is -2.32. The van der Waals surface area contributed by atoms with Crippen LogP contribution in [0.5, 0.6) is 0 Å². The summed E-state index contributed by atoms with van der Waals surface area (Å²) in [6.45, 7) is 7.60. The van der Waals surface area contributed by atoms with Crippen molar-refractivity contribution < 1.29 is 4.79 Å². The Hall–Kier alpha value is -0.910. The van der Waals surface area contributed by atoms with Crippen molar-refractivity contribution in [1.29, 1.82) is 0 Å². The minimum absolute atomic E-state index is 0.298. The van der Waals surface area contributed by atoms with E-state index < -0.39 is 0 Å². The molecule has 0 bridgehead atoms. The fourth-order valence-corrected chi connectivity index (χ4v) is 4.25. The summed E-state index contributed by atoms with van der Waals surface area (Å²) in [5.74, 6) is 0.298. The normalized spacial score (nSPS) is 21.8. The number of rotatable bonds is 5. The van der Waals surface area contributed by atoms with Crippen LogP contribution in [0.25, 0.3) is 0 Å². The van der Waals surface area contributed by atoms with Crippen LogP contribution in [0.3, 0.4) is 0 Å². The monoisotopic (exact) mass is 307 g/mol. The molecule has 0 aromatic carbocycles. The quantitative estimate of drug-likeness (QED) is 0.899. The lowest BCUT2D eigenvalue weighted by molar-refractivity contribution is -0.133. The highest BCUT2D eigenvalue weighted by Crippen LogP contribution is 2.24. The SMILES string of the molecule is CCCN(CC(=O)N1CCc2sccc2C1)C1CCNC1. The second-order valence-electron chi connectivity index (χ2n) is 6.05. The average molecular weight is 307 g/mol. The van der Waals surface area contributed by atoms with Crippen LogP contribution >= 0.6 is 11.3 Å². The fourth-order valence-electron chi connectivity index (χ4n) is 3.36. The van der Waals surface area contributed by atoms with Crippen molar-refractivity contribution in [3.05, 3.63) is 21.9 Å². The lowest BCUT2D eigenvalue weighted by Crippen LogP contribution is -2.46. The zero-order valence-corrected chi connectivity index (χ0v) is 13.6. The van der Waals surface area contributed by atoms with Gasteiger partial charge in [0.25, 0.3) is 0 Å². The predicted octanol–water partition coefficient (Wildman–Crippen LogP) is 1.71. The van der Waals surface area contributed by atoms with Crippen molar-refractivity contribution >= 4 is 17.2 Å². The Bertz CT molecular complexity index is 482. The number of carbonyl (C=O) groups excluding carboxylic acids is 1. The molecule has 5 heteroatoms. The van der Waals surface area contributed by atoms with Gasteiger partial charge in [-0.3, -0.25) is 9.69 Å². The first kappa shape index (κ1) is 15.0. The molecule has 1 fully saturated rings. The van der Waals surface area contributed by atoms with Gasteiger partial charge in [0.2, 0.25) is 5.91 Å². The van der Waals surface area contributed by atoms with Crippen LogP contribution in [0.4, 0.5) is 0 Å². The van der Waals surface area contributed by atoms with E-state index in [0.717, 1.165) is 45.6 Å². The Labute approximate surface area is 131 Å². The maximum absolute atomic E-state index is 12.6. The number of thiophene rings is 1. The van der Waals surface area contributed by atoms with Gasteiger partial charge >= 0.3 is 0 Å². The summed E-state index contributed by atoms with van der Waals surface area (Å²) in [5.41, 5.74) is 1.35. The minimum atomic E-state index is 0.298. The van der Waals surface area contributed by atoms with Crippen LogP contribution < -0.4 is 5.32 Å². The topological polar surface area (TPSA) is 35.6 Å². The van der Waals surface area contributed by atoms with Crippen LogP contribution in [0.15, 0.2) is 11.4 Å². The van der Waals surface area contributed by atoms with E-state index in [2.05, 4.69) is 28.6 Å². The molecule has 1 unspecified atom stereocenters. The number of fused-ring (bicyclic) bond motifs is 1. The first-order chi connectivity index (χ1) is 10.3. The summed E-state index contributed by atoms with van der Waals surface area (Å²) in [5, 5.41) is 5.55. The number of carbonyl (C=O) groups is 1. The number of nitrogens with one attached hydrogen (secondary N) is 1. The Morgan fingerprint density at radius 2 is 2.48 bits per heavy atom. The third-order valence-corrected chi connectivity index (χ3v) is 5.58. The summed E-state index contributed by atoms with van der Waals surface area (Å²) in [4.78, 5) is 18.5. The highest BCUT2D eigenvalue weighted by molar-refractivity contribution is 7.10. The van der Waals surface area contributed by atoms with E-state index in [4.69, 9.17) is 0 Å². The number of nitrogens with zero attached hydrogens (tertiary/aromatic N) is 2. The van der Waals surface area contributed by atoms with Gasteiger partial charge in [0.05, 0.1) is 6.54 Å². The smallest absolute Gasteiger partial charge is 0.237 e. The molecule has 3 heterocycles. The van der Waals surface area contributed by atoms with E-state index in [1.165, 1.54) is 16.9 Å². The molecular weight excluding hydrogens is 282 g/mol. The molecule has 4 nitrogen and oxygen atoms in total. The van der Waals surface area contributed by atoms with Crippen molar-refractivity contribution in [1.82, 2.24) is 15.1 Å². The zero-order valence-electron chi connectivity index (χ0n) is 12.8. The molecular formula is C16H25N3OS. The van der Waals surface area contributed by atoms with Gasteiger partial charge in [-0.25, -0.2) is 0 Å². The van der Waals surface area contributed by atoms with Crippen LogP contribution in [0, 0.1) is 0 Å². The second-order valence-corrected chi connectivity index (χ2v) is 7.05. The van der Waals surface area contributed by atoms with E-state index in [0.29, 0.717) is 18.5 Å². The van der Waals surface area contributed by atoms with Gasteiger partial charge in [-0.15, -0.1) is 11.3 Å². The van der Waals surface area contributed by atoms with Crippen molar-refractivity contribution in [2.75, 3.05) is 32.7 Å². The Balaban J connectivity index is 1.59. The number of hydrogen-bond acceptors (Lipinski definition) is 4. The van der Waals surface area contributed by atoms with Gasteiger partial charge in [0.1, 0.15) is 0 Å². The highest BCUT2D eigenvalue weighted by atomic mass is 32.1. The van der Waals surface area contributed by atoms with Gasteiger partial charge < -0.3 is 10.2 Å². The number of hydrogen-bond donors (Lipinski definition) is 1. The summed E-state index contributed by atoms with van der Waals surface area (Å²) in [7, 11) is 0. The van der Waals surface area contributed by atoms with Crippen molar-refractivity contribution in [2.24, 2.45) is 0 Å². The molecule has 3 rings (SSSR count). The highest BCUT2D eigenvalue weighted by Gasteiger charge is 2.27. The van der Waals surface area contributed by atoms with Gasteiger partial charge in [-0.2, -0.15) is 0 Å². The van der Waals surface area contributed by atoms with Crippen LogP contribution in [0.1, 0.15) is 30.2 Å². The van der Waals surface area contributed by atoms with Crippen LogP contribution in [-0.2, 0) is 17.8 Å². The van der Waals surface area contributed by atoms with E-state index in [1.807, 2.05) is 16.2 Å². The summed E-state index contributed by atoms with van der Waals surface area (Å²) < 4.78 is 0. The summed E-state index contributed by atoms with van der Waals surface area (Å²) in [6.07, 6.45) is 3.30. The van der Waals surface area contributed by atoms with Crippen molar-refractivity contribution in [3.8, 4) is 0 Å². The van der Waals surface area contributed by atoms with Crippen molar-refractivity contribution in [2.45, 2.75) is 38.8 Å². The Morgan fingerprint density at radius 1 is 1.57 bits per heavy atom. The van der Waals surface area contributed by atoms with Crippen LogP contribution in [-0.4, -0.2) is 54.5 Å². The molecule has 1 saturated heterocycles. The van der Waals surface area contributed by atoms with Gasteiger partial charge in [-0.05, 0) is 49.4 Å². The molecule has 1 aromatic heterocycles. The molecule has 21 heavy (non-hydrogen) atoms. The largest absolute Gasteiger partial charge is 0.337 e. The first-order valence-corrected chi connectivity index (χ1v) is 8.93. The molecule has 1 N–H and O–H groups in total. The predicted molar refractivity (Wildman–Crippen MR) is 86.6 cm³/mol. The minimum Gasteiger partial charge on any atom is -0.337 e. The number of amides is 1. The second kappa shape index (κ2) is 6.90. The lowest BCUT2D eigenvalue weighted by atomic mass is 10.1. The fraction of sp³-hybridized carbons (Fsp3) is 0.688. The zero-order chi connectivity index (χ0) is 14.7. The molecule has 116 valence electrons. The van der Waals surface area contributed by atoms with E-state index in [1.54, 1.807) is 0 Å². The van der Waals surface area contributed by atoms with Crippen LogP contribution in [0.2, 0.25) is 0 Å². The van der Waals surface area contributed by atoms with Crippen molar-refractivity contribution in [3.63, 3.8) is 0 Å². The summed E-state index contributed by atoms with van der Waals surface area (Å²) in [6, 6.07) is 2.71. The van der Waals surface area contributed by atoms with Gasteiger partial charge in [0.15, 0.2) is 0 Å². The maximum atomic E-state index is 12.6. The van der Waals surface area contributed by atoms with E-state index >= 15 is 0 Å². The third kappa shape index (κ3) is 3.47. The molecule has 0 saturated carbocycles. The third-order valence-electron chi connectivity index (χ3n) is 4.56. The van der Waals surface area contributed by atoms with E-state index in [-0.39, 0.29) is 0 Å². The molecule has 0 aliphatic carbocycles. The molecule has 0 spiro atoms. The van der Waals surface area contributed by atoms with Gasteiger partial charge in [0, 0.05) is 30.6 Å². The summed E-state index contributed by atoms with van der Waals surface area (Å²) >= 11 is 1.82. The molecule has 0 radical (unpaired) electrons. The van der Waals surface area contributed by atoms with E-state index in [9.17, 15) is 4.79 Å². The van der Waals surface area contributed by atoms with Gasteiger partial charge in [-0.1, -0.05) is 6.92 Å². The molecule has 2 aliphatic rings. The first-order valence-electron chi connectivity index (χ1n) is 8.05. The molecule has 1 amide bonds. The Kier molecular flexibility index (Phi) is 4.93. The molecule has 2 aliphatic heterocycles. The standard InChI is InChI=1S/C16H25N3OS/c1-2-7-18(14-3-6-17-10-14)12-16(20)19-8-4-15-13(11-19)5-9-21-15/h5,9,14,17H,2-4,6-8,10-12H2,1H3. The molecule has 1 atom stereocenters. The Morgan fingerprint density at radius 3 is 3.24 bits per heavy atom.